The average Bonchev–Trinajstić information content (AvgIpc) is 1.66. The summed E-state index contributed by atoms with van der Waals surface area (Å²) in [7, 11) is 0. The molecule has 2 saturated carbocycles. The number of aromatic nitrogens is 8. The predicted molar refractivity (Wildman–Crippen MR) is 326 cm³/mol. The number of nitrogens with one attached hydrogen (secondary N) is 5. The van der Waals surface area contributed by atoms with Crippen LogP contribution >= 0.6 is 0 Å². The number of aliphatic hydroxyl groups is 1. The maximum absolute atomic E-state index is 14.1. The van der Waals surface area contributed by atoms with E-state index >= 15 is 0 Å². The molecule has 1 aliphatic heterocycles. The van der Waals surface area contributed by atoms with E-state index in [0.717, 1.165) is 48.2 Å². The minimum Gasteiger partial charge on any atom is -0.484 e. The Labute approximate surface area is 520 Å². The largest absolute Gasteiger partial charge is 0.484 e. The van der Waals surface area contributed by atoms with Gasteiger partial charge in [0.2, 0.25) is 23.6 Å². The number of carboxylic acids is 1. The summed E-state index contributed by atoms with van der Waals surface area (Å²) in [4.78, 5) is 98.6. The first-order valence-electron chi connectivity index (χ1n) is 30.4. The van der Waals surface area contributed by atoms with Crippen molar-refractivity contribution < 1.29 is 62.7 Å². The van der Waals surface area contributed by atoms with E-state index in [1.165, 1.54) is 27.9 Å². The molecule has 7 N–H and O–H groups in total. The number of aliphatic carboxylic acids is 1. The van der Waals surface area contributed by atoms with Gasteiger partial charge >= 0.3 is 5.97 Å². The second kappa shape index (κ2) is 30.4. The topological polar surface area (TPSA) is 342 Å². The van der Waals surface area contributed by atoms with Gasteiger partial charge in [0.15, 0.2) is 6.61 Å². The van der Waals surface area contributed by atoms with Crippen LogP contribution in [0.5, 0.6) is 17.4 Å². The fourth-order valence-electron chi connectivity index (χ4n) is 10.7. The van der Waals surface area contributed by atoms with Crippen LogP contribution in [0.2, 0.25) is 0 Å². The first-order chi connectivity index (χ1) is 43.3. The molecule has 90 heavy (non-hydrogen) atoms. The van der Waals surface area contributed by atoms with Crippen LogP contribution in [-0.2, 0) is 53.1 Å². The van der Waals surface area contributed by atoms with Gasteiger partial charge in [0, 0.05) is 80.7 Å². The monoisotopic (exact) mass is 1240 g/mol. The first kappa shape index (κ1) is 65.4. The number of pyridine rings is 1. The molecule has 0 unspecified atom stereocenters. The molecule has 2 aliphatic carbocycles. The molecule has 5 heterocycles. The number of carbonyl (C=O) groups excluding carboxylic acids is 6. The van der Waals surface area contributed by atoms with Crippen LogP contribution in [0.3, 0.4) is 0 Å². The minimum atomic E-state index is -1.12. The first-order valence-corrected chi connectivity index (χ1v) is 30.4. The normalized spacial score (nSPS) is 14.7. The summed E-state index contributed by atoms with van der Waals surface area (Å²) < 4.78 is 26.1. The SMILES string of the molecule is Cc1n[nH]c(C)c1-c1ccc(NC(=O)[C@@H](NC(=O)c2ccnn2CCCNC(=O)Cn2cc(COCC(=O)N3CC(OCCN(CCO)C(=O)COc4cccc(Oc5ccc(C(=O)N[C@@H](CCC(C)(C)C)C(=O)O)cn5)c4)C3)nn2)C(C2CC2)C2CC2)cc1. The summed E-state index contributed by atoms with van der Waals surface area (Å²) in [6, 6.07) is 17.0. The Balaban J connectivity index is 0.630. The number of rotatable bonds is 34. The summed E-state index contributed by atoms with van der Waals surface area (Å²) in [5.41, 5.74) is 5.32. The van der Waals surface area contributed by atoms with Gasteiger partial charge in [0.25, 0.3) is 17.7 Å². The fraction of sp³-hybridized carbons (Fsp3) is 0.492. The van der Waals surface area contributed by atoms with Gasteiger partial charge in [-0.3, -0.25) is 38.5 Å². The number of aryl methyl sites for hydroxylation is 3. The second-order valence-electron chi connectivity index (χ2n) is 24.2. The van der Waals surface area contributed by atoms with Crippen LogP contribution in [0.1, 0.15) is 104 Å². The third kappa shape index (κ3) is 18.7. The number of aliphatic hydroxyl groups excluding tert-OH is 1. The standard InChI is InChI=1S/C63H80N14O13/c1-39-56(40(2)71-70-39)41-14-17-45(18-15-41)67-61(84)58(57(42-10-11-42)43-12-13-43)69-60(83)51-21-24-66-77(51)25-7-23-64-52(79)35-76-32-46(72-73-76)36-87-37-54(80)75-33-49(34-75)88-29-27-74(26-28-78)55(81)38-89-47-8-6-9-48(30-47)90-53-19-16-44(31-65-53)59(82)68-50(62(85)86)20-22-63(3,4)5/h6,8-9,14-19,21,24,30-32,42-43,49-50,57-58,78H,7,10-13,20,22-23,25-29,33-38H2,1-5H3,(H,64,79)(H,67,84)(H,68,82)(H,69,83)(H,70,71)(H,85,86)/t50-,58-/m0/s1. The van der Waals surface area contributed by atoms with E-state index in [4.69, 9.17) is 18.9 Å². The summed E-state index contributed by atoms with van der Waals surface area (Å²) in [5.74, 6) is -1.65. The van der Waals surface area contributed by atoms with Crippen LogP contribution < -0.4 is 30.7 Å². The molecule has 480 valence electrons. The van der Waals surface area contributed by atoms with Gasteiger partial charge in [0.1, 0.15) is 48.1 Å². The summed E-state index contributed by atoms with van der Waals surface area (Å²) in [6.07, 6.45) is 9.62. The molecule has 0 bridgehead atoms. The van der Waals surface area contributed by atoms with Gasteiger partial charge < -0.3 is 60.2 Å². The zero-order valence-electron chi connectivity index (χ0n) is 51.4. The number of hydrogen-bond acceptors (Lipinski definition) is 17. The molecule has 2 atom stereocenters. The highest BCUT2D eigenvalue weighted by Crippen LogP contribution is 2.51. The number of ether oxygens (including phenoxy) is 4. The smallest absolute Gasteiger partial charge is 0.326 e. The summed E-state index contributed by atoms with van der Waals surface area (Å²) in [6.45, 7) is 10.6. The molecule has 0 spiro atoms. The third-order valence-corrected chi connectivity index (χ3v) is 15.9. The molecule has 9 rings (SSSR count). The van der Waals surface area contributed by atoms with Crippen molar-refractivity contribution in [2.45, 2.75) is 117 Å². The van der Waals surface area contributed by atoms with E-state index in [2.05, 4.69) is 51.9 Å². The highest BCUT2D eigenvalue weighted by Gasteiger charge is 2.48. The van der Waals surface area contributed by atoms with Crippen molar-refractivity contribution in [3.05, 3.63) is 114 Å². The number of carboxylic acid groups (broad SMARTS) is 1. The lowest BCUT2D eigenvalue weighted by atomic mass is 9.88. The molecular weight excluding hydrogens is 1160 g/mol. The number of nitrogens with zero attached hydrogens (tertiary/aromatic N) is 9. The number of hydrogen-bond donors (Lipinski definition) is 7. The Bertz CT molecular complexity index is 3410. The molecular formula is C63H80N14O13. The minimum absolute atomic E-state index is 0.0145. The molecule has 27 heteroatoms. The lowest BCUT2D eigenvalue weighted by molar-refractivity contribution is -0.151. The fourth-order valence-corrected chi connectivity index (χ4v) is 10.7. The quantitative estimate of drug-likeness (QED) is 0.0269. The van der Waals surface area contributed by atoms with Crippen LogP contribution in [0, 0.1) is 37.0 Å². The molecule has 4 aromatic heterocycles. The summed E-state index contributed by atoms with van der Waals surface area (Å²) in [5, 5.41) is 50.7. The number of amides is 6. The number of benzene rings is 2. The van der Waals surface area contributed by atoms with E-state index in [1.807, 2.05) is 58.9 Å². The van der Waals surface area contributed by atoms with Crippen molar-refractivity contribution in [3.8, 4) is 28.5 Å². The maximum atomic E-state index is 14.1. The van der Waals surface area contributed by atoms with Gasteiger partial charge in [0.05, 0.1) is 43.4 Å². The van der Waals surface area contributed by atoms with E-state index in [-0.39, 0.29) is 112 Å². The Kier molecular flexibility index (Phi) is 22.1. The van der Waals surface area contributed by atoms with Crippen molar-refractivity contribution in [1.29, 1.82) is 0 Å². The lowest BCUT2D eigenvalue weighted by Gasteiger charge is -2.39. The van der Waals surface area contributed by atoms with E-state index in [0.29, 0.717) is 79.4 Å². The van der Waals surface area contributed by atoms with E-state index in [1.54, 1.807) is 52.3 Å². The van der Waals surface area contributed by atoms with Gasteiger partial charge in [-0.2, -0.15) is 10.2 Å². The van der Waals surface area contributed by atoms with Crippen molar-refractivity contribution in [2.24, 2.45) is 23.2 Å². The molecule has 27 nitrogen and oxygen atoms in total. The van der Waals surface area contributed by atoms with Gasteiger partial charge in [-0.15, -0.1) is 5.10 Å². The Morgan fingerprint density at radius 3 is 2.32 bits per heavy atom. The van der Waals surface area contributed by atoms with Crippen LogP contribution in [0.4, 0.5) is 5.69 Å². The molecule has 0 radical (unpaired) electrons. The highest BCUT2D eigenvalue weighted by atomic mass is 16.5. The Morgan fingerprint density at radius 1 is 0.889 bits per heavy atom. The van der Waals surface area contributed by atoms with Crippen LogP contribution in [0.25, 0.3) is 11.1 Å². The predicted octanol–water partition coefficient (Wildman–Crippen LogP) is 4.70. The van der Waals surface area contributed by atoms with Crippen molar-refractivity contribution in [3.63, 3.8) is 0 Å². The molecule has 2 aromatic carbocycles. The number of aromatic amines is 1. The van der Waals surface area contributed by atoms with Crippen molar-refractivity contribution >= 4 is 47.1 Å². The maximum Gasteiger partial charge on any atom is 0.326 e. The highest BCUT2D eigenvalue weighted by molar-refractivity contribution is 6.01. The van der Waals surface area contributed by atoms with Gasteiger partial charge in [-0.25, -0.2) is 14.5 Å². The number of anilines is 1. The molecule has 6 aromatic rings. The molecule has 3 aliphatic rings. The van der Waals surface area contributed by atoms with Gasteiger partial charge in [-0.1, -0.05) is 44.2 Å². The zero-order chi connectivity index (χ0) is 63.9. The Morgan fingerprint density at radius 2 is 1.64 bits per heavy atom. The third-order valence-electron chi connectivity index (χ3n) is 15.9. The molecule has 1 saturated heterocycles. The van der Waals surface area contributed by atoms with Crippen LogP contribution in [0.15, 0.2) is 85.3 Å². The van der Waals surface area contributed by atoms with Crippen LogP contribution in [-0.4, -0.2) is 179 Å². The number of likely N-dealkylation sites (tertiary alicyclic amines) is 1. The second-order valence-corrected chi connectivity index (χ2v) is 24.2. The van der Waals surface area contributed by atoms with Crippen molar-refractivity contribution in [2.75, 3.05) is 64.5 Å². The van der Waals surface area contributed by atoms with Gasteiger partial charge in [-0.05, 0) is 124 Å². The number of H-pyrrole nitrogens is 1. The molecule has 3 fully saturated rings. The van der Waals surface area contributed by atoms with E-state index in [9.17, 15) is 43.8 Å². The average molecular weight is 1240 g/mol. The Hall–Kier alpha value is -9.08. The molecule has 6 amide bonds. The number of carbonyl (C=O) groups is 7. The van der Waals surface area contributed by atoms with Crippen molar-refractivity contribution in [1.82, 2.24) is 65.7 Å². The lowest BCUT2D eigenvalue weighted by Crippen LogP contribution is -2.56. The summed E-state index contributed by atoms with van der Waals surface area (Å²) >= 11 is 0. The zero-order valence-corrected chi connectivity index (χ0v) is 51.4. The van der Waals surface area contributed by atoms with E-state index < -0.39 is 29.9 Å².